The molecule has 1 saturated carbocycles. The van der Waals surface area contributed by atoms with Crippen LogP contribution in [0.15, 0.2) is 18.2 Å². The van der Waals surface area contributed by atoms with Crippen LogP contribution >= 0.6 is 11.6 Å². The zero-order valence-corrected chi connectivity index (χ0v) is 19.5. The monoisotopic (exact) mass is 449 g/mol. The largest absolute Gasteiger partial charge is 0.462 e. The Balaban J connectivity index is 1.78. The third-order valence-corrected chi connectivity index (χ3v) is 6.12. The minimum absolute atomic E-state index is 0.127. The zero-order chi connectivity index (χ0) is 22.5. The number of nitrogens with one attached hydrogen (secondary N) is 1. The number of hydrogen-bond donors (Lipinski definition) is 1. The van der Waals surface area contributed by atoms with Gasteiger partial charge in [0.2, 0.25) is 5.91 Å². The van der Waals surface area contributed by atoms with E-state index in [9.17, 15) is 14.4 Å². The number of rotatable bonds is 12. The summed E-state index contributed by atoms with van der Waals surface area (Å²) in [4.78, 5) is 36.8. The number of halogens is 1. The van der Waals surface area contributed by atoms with Crippen LogP contribution in [0.4, 0.5) is 5.69 Å². The average molecular weight is 450 g/mol. The quantitative estimate of drug-likeness (QED) is 0.218. The Morgan fingerprint density at radius 1 is 1.06 bits per heavy atom. The summed E-state index contributed by atoms with van der Waals surface area (Å²) in [5.74, 6) is -0.855. The number of carbonyl (C=O) groups is 3. The van der Waals surface area contributed by atoms with Crippen LogP contribution < -0.4 is 5.32 Å². The van der Waals surface area contributed by atoms with Gasteiger partial charge in [0.1, 0.15) is 5.78 Å². The van der Waals surface area contributed by atoms with Gasteiger partial charge in [-0.3, -0.25) is 9.59 Å². The minimum Gasteiger partial charge on any atom is -0.462 e. The number of ketones is 1. The van der Waals surface area contributed by atoms with Gasteiger partial charge in [0.25, 0.3) is 0 Å². The standard InChI is InChI=1S/C25H36ClNO4/c1-2-3-4-5-6-7-8-11-16-31-25(30)20-14-15-22(26)23(18-20)27-24(29)19-12-9-10-13-21(28)17-19/h14-15,18-19H,2-13,16-17H2,1H3,(H,27,29). The number of carbonyl (C=O) groups excluding carboxylic acids is 3. The molecular formula is C25H36ClNO4. The Kier molecular flexibility index (Phi) is 11.7. The normalized spacial score (nSPS) is 16.6. The number of hydrogen-bond acceptors (Lipinski definition) is 4. The molecule has 0 spiro atoms. The molecule has 1 N–H and O–H groups in total. The minimum atomic E-state index is -0.417. The summed E-state index contributed by atoms with van der Waals surface area (Å²) in [5.41, 5.74) is 0.737. The lowest BCUT2D eigenvalue weighted by atomic mass is 9.99. The van der Waals surface area contributed by atoms with Crippen LogP contribution in [-0.4, -0.2) is 24.3 Å². The van der Waals surface area contributed by atoms with Crippen LogP contribution in [-0.2, 0) is 14.3 Å². The Morgan fingerprint density at radius 2 is 1.77 bits per heavy atom. The first kappa shape index (κ1) is 25.4. The fourth-order valence-corrected chi connectivity index (χ4v) is 4.05. The van der Waals surface area contributed by atoms with Crippen LogP contribution in [0.1, 0.15) is 101 Å². The van der Waals surface area contributed by atoms with Crippen molar-refractivity contribution >= 4 is 34.9 Å². The number of benzene rings is 1. The van der Waals surface area contributed by atoms with E-state index in [4.69, 9.17) is 16.3 Å². The molecule has 1 aliphatic carbocycles. The molecule has 0 saturated heterocycles. The van der Waals surface area contributed by atoms with E-state index in [1.807, 2.05) is 0 Å². The predicted molar refractivity (Wildman–Crippen MR) is 125 cm³/mol. The van der Waals surface area contributed by atoms with Crippen molar-refractivity contribution in [3.05, 3.63) is 28.8 Å². The highest BCUT2D eigenvalue weighted by Gasteiger charge is 2.25. The van der Waals surface area contributed by atoms with Crippen LogP contribution in [0.3, 0.4) is 0 Å². The summed E-state index contributed by atoms with van der Waals surface area (Å²) in [6.07, 6.45) is 12.7. The predicted octanol–water partition coefficient (Wildman–Crippen LogP) is 6.73. The van der Waals surface area contributed by atoms with E-state index in [-0.39, 0.29) is 24.0 Å². The van der Waals surface area contributed by atoms with E-state index >= 15 is 0 Å². The maximum Gasteiger partial charge on any atom is 0.338 e. The summed E-state index contributed by atoms with van der Waals surface area (Å²) in [6, 6.07) is 4.74. The van der Waals surface area contributed by atoms with Crippen molar-refractivity contribution in [3.63, 3.8) is 0 Å². The summed E-state index contributed by atoms with van der Waals surface area (Å²) in [5, 5.41) is 3.15. The number of anilines is 1. The molecule has 31 heavy (non-hydrogen) atoms. The number of Topliss-reactive ketones (excluding diaryl/α,β-unsaturated/α-hetero) is 1. The summed E-state index contributed by atoms with van der Waals surface area (Å²) < 4.78 is 5.38. The number of ether oxygens (including phenoxy) is 1. The van der Waals surface area contributed by atoms with Crippen LogP contribution in [0, 0.1) is 5.92 Å². The van der Waals surface area contributed by atoms with E-state index < -0.39 is 5.97 Å². The topological polar surface area (TPSA) is 72.5 Å². The van der Waals surface area contributed by atoms with Gasteiger partial charge in [0, 0.05) is 18.8 Å². The maximum absolute atomic E-state index is 12.6. The molecule has 6 heteroatoms. The Bertz CT molecular complexity index is 734. The summed E-state index contributed by atoms with van der Waals surface area (Å²) >= 11 is 6.22. The second kappa shape index (κ2) is 14.2. The first-order valence-electron chi connectivity index (χ1n) is 11.8. The van der Waals surface area contributed by atoms with E-state index in [1.165, 1.54) is 38.5 Å². The summed E-state index contributed by atoms with van der Waals surface area (Å²) in [7, 11) is 0. The fourth-order valence-electron chi connectivity index (χ4n) is 3.88. The number of esters is 1. The van der Waals surface area contributed by atoms with Crippen molar-refractivity contribution in [1.29, 1.82) is 0 Å². The van der Waals surface area contributed by atoms with Gasteiger partial charge in [-0.25, -0.2) is 4.79 Å². The third-order valence-electron chi connectivity index (χ3n) is 5.79. The van der Waals surface area contributed by atoms with Crippen molar-refractivity contribution in [2.75, 3.05) is 11.9 Å². The SMILES string of the molecule is CCCCCCCCCCOC(=O)c1ccc(Cl)c(NC(=O)C2CCCCC(=O)C2)c1. The second-order valence-corrected chi connectivity index (χ2v) is 8.89. The molecule has 1 aliphatic rings. The molecule has 1 atom stereocenters. The molecule has 5 nitrogen and oxygen atoms in total. The molecule has 0 radical (unpaired) electrons. The van der Waals surface area contributed by atoms with Gasteiger partial charge in [-0.1, -0.05) is 69.9 Å². The van der Waals surface area contributed by atoms with Crippen molar-refractivity contribution in [2.45, 2.75) is 90.4 Å². The van der Waals surface area contributed by atoms with Gasteiger partial charge in [0.15, 0.2) is 0 Å². The molecule has 0 bridgehead atoms. The zero-order valence-electron chi connectivity index (χ0n) is 18.7. The van der Waals surface area contributed by atoms with Gasteiger partial charge >= 0.3 is 5.97 Å². The van der Waals surface area contributed by atoms with Crippen LogP contribution in [0.25, 0.3) is 0 Å². The summed E-state index contributed by atoms with van der Waals surface area (Å²) in [6.45, 7) is 2.61. The van der Waals surface area contributed by atoms with Gasteiger partial charge < -0.3 is 10.1 Å². The molecule has 0 aliphatic heterocycles. The second-order valence-electron chi connectivity index (χ2n) is 8.48. The lowest BCUT2D eigenvalue weighted by Crippen LogP contribution is -2.24. The lowest BCUT2D eigenvalue weighted by molar-refractivity contribution is -0.125. The average Bonchev–Trinajstić information content (AvgIpc) is 2.98. The van der Waals surface area contributed by atoms with Crippen LogP contribution in [0.5, 0.6) is 0 Å². The van der Waals surface area contributed by atoms with E-state index in [1.54, 1.807) is 18.2 Å². The molecule has 1 aromatic carbocycles. The van der Waals surface area contributed by atoms with Crippen molar-refractivity contribution in [2.24, 2.45) is 5.92 Å². The van der Waals surface area contributed by atoms with Crippen molar-refractivity contribution in [1.82, 2.24) is 0 Å². The molecule has 0 heterocycles. The third kappa shape index (κ3) is 9.42. The van der Waals surface area contributed by atoms with Gasteiger partial charge in [-0.15, -0.1) is 0 Å². The number of unbranched alkanes of at least 4 members (excludes halogenated alkanes) is 7. The van der Waals surface area contributed by atoms with Gasteiger partial charge in [0.05, 0.1) is 22.9 Å². The first-order valence-corrected chi connectivity index (χ1v) is 12.2. The van der Waals surface area contributed by atoms with Crippen molar-refractivity contribution < 1.29 is 19.1 Å². The van der Waals surface area contributed by atoms with E-state index in [0.29, 0.717) is 35.7 Å². The fraction of sp³-hybridized carbons (Fsp3) is 0.640. The molecule has 1 unspecified atom stereocenters. The van der Waals surface area contributed by atoms with Gasteiger partial charge in [-0.05, 0) is 37.5 Å². The molecule has 1 aromatic rings. The molecule has 172 valence electrons. The molecular weight excluding hydrogens is 414 g/mol. The maximum atomic E-state index is 12.6. The highest BCUT2D eigenvalue weighted by Crippen LogP contribution is 2.27. The number of amides is 1. The first-order chi connectivity index (χ1) is 15.0. The lowest BCUT2D eigenvalue weighted by Gasteiger charge is -2.15. The highest BCUT2D eigenvalue weighted by molar-refractivity contribution is 6.33. The molecule has 2 rings (SSSR count). The molecule has 1 amide bonds. The van der Waals surface area contributed by atoms with Crippen molar-refractivity contribution in [3.8, 4) is 0 Å². The smallest absolute Gasteiger partial charge is 0.338 e. The molecule has 1 fully saturated rings. The van der Waals surface area contributed by atoms with Crippen LogP contribution in [0.2, 0.25) is 5.02 Å². The van der Waals surface area contributed by atoms with E-state index in [2.05, 4.69) is 12.2 Å². The Morgan fingerprint density at radius 3 is 2.52 bits per heavy atom. The van der Waals surface area contributed by atoms with Gasteiger partial charge in [-0.2, -0.15) is 0 Å². The highest BCUT2D eigenvalue weighted by atomic mass is 35.5. The van der Waals surface area contributed by atoms with E-state index in [0.717, 1.165) is 25.7 Å². The Labute approximate surface area is 191 Å². The molecule has 0 aromatic heterocycles. The Hall–Kier alpha value is -1.88.